The number of thioether (sulfide) groups is 1. The molecule has 1 aliphatic heterocycles. The SMILES string of the molecule is COc1cc(/C=C2\SC(=O)NC2=O)ccc1OS(=O)(=O)c1ccc(F)cc1. The lowest BCUT2D eigenvalue weighted by Crippen LogP contribution is -2.17. The van der Waals surface area contributed by atoms with E-state index in [0.29, 0.717) is 5.56 Å². The number of benzene rings is 2. The maximum atomic E-state index is 13.0. The van der Waals surface area contributed by atoms with E-state index in [0.717, 1.165) is 36.0 Å². The van der Waals surface area contributed by atoms with Gasteiger partial charge in [0.1, 0.15) is 10.7 Å². The predicted octanol–water partition coefficient (Wildman–Crippen LogP) is 2.93. The second kappa shape index (κ2) is 7.41. The zero-order valence-corrected chi connectivity index (χ0v) is 15.4. The normalized spacial score (nSPS) is 15.7. The van der Waals surface area contributed by atoms with Crippen LogP contribution in [0.25, 0.3) is 6.08 Å². The zero-order chi connectivity index (χ0) is 19.6. The number of nitrogens with one attached hydrogen (secondary N) is 1. The molecule has 1 saturated heterocycles. The first kappa shape index (κ1) is 18.9. The van der Waals surface area contributed by atoms with Crippen LogP contribution < -0.4 is 14.2 Å². The van der Waals surface area contributed by atoms with E-state index in [1.54, 1.807) is 0 Å². The van der Waals surface area contributed by atoms with Gasteiger partial charge in [-0.05, 0) is 59.8 Å². The second-order valence-electron chi connectivity index (χ2n) is 5.25. The van der Waals surface area contributed by atoms with Crippen molar-refractivity contribution in [3.8, 4) is 11.5 Å². The molecular formula is C17H12FNO6S2. The molecular weight excluding hydrogens is 397 g/mol. The highest BCUT2D eigenvalue weighted by atomic mass is 32.2. The number of carbonyl (C=O) groups is 2. The van der Waals surface area contributed by atoms with Crippen LogP contribution in [0.15, 0.2) is 52.3 Å². The molecule has 1 N–H and O–H groups in total. The molecule has 1 aliphatic rings. The van der Waals surface area contributed by atoms with Gasteiger partial charge in [0.05, 0.1) is 12.0 Å². The van der Waals surface area contributed by atoms with Gasteiger partial charge in [0.25, 0.3) is 11.1 Å². The van der Waals surface area contributed by atoms with Crippen LogP contribution in [-0.4, -0.2) is 26.7 Å². The molecule has 3 rings (SSSR count). The van der Waals surface area contributed by atoms with Crippen molar-refractivity contribution in [2.45, 2.75) is 4.90 Å². The lowest BCUT2D eigenvalue weighted by Gasteiger charge is -2.11. The quantitative estimate of drug-likeness (QED) is 0.599. The molecule has 0 bridgehead atoms. The van der Waals surface area contributed by atoms with Gasteiger partial charge in [0.2, 0.25) is 0 Å². The number of imide groups is 1. The Balaban J connectivity index is 1.89. The number of ether oxygens (including phenoxy) is 1. The summed E-state index contributed by atoms with van der Waals surface area (Å²) in [5.74, 6) is -1.06. The van der Waals surface area contributed by atoms with E-state index >= 15 is 0 Å². The van der Waals surface area contributed by atoms with E-state index in [4.69, 9.17) is 8.92 Å². The van der Waals surface area contributed by atoms with Gasteiger partial charge in [-0.3, -0.25) is 14.9 Å². The standard InChI is InChI=1S/C17H12FNO6S2/c1-24-14-8-10(9-15-16(20)19-17(21)26-15)2-7-13(14)25-27(22,23)12-5-3-11(18)4-6-12/h2-9H,1H3,(H,19,20,21)/b15-9-. The molecule has 0 radical (unpaired) electrons. The Labute approximate surface area is 158 Å². The minimum atomic E-state index is -4.19. The highest BCUT2D eigenvalue weighted by Crippen LogP contribution is 2.33. The number of amides is 2. The van der Waals surface area contributed by atoms with Crippen molar-refractivity contribution in [2.75, 3.05) is 7.11 Å². The van der Waals surface area contributed by atoms with E-state index in [1.807, 2.05) is 0 Å². The fourth-order valence-corrected chi connectivity index (χ4v) is 3.80. The van der Waals surface area contributed by atoms with E-state index < -0.39 is 27.1 Å². The maximum Gasteiger partial charge on any atom is 0.339 e. The molecule has 0 aromatic heterocycles. The van der Waals surface area contributed by atoms with Gasteiger partial charge < -0.3 is 8.92 Å². The summed E-state index contributed by atoms with van der Waals surface area (Å²) in [6.45, 7) is 0. The molecule has 1 fully saturated rings. The van der Waals surface area contributed by atoms with Crippen molar-refractivity contribution in [2.24, 2.45) is 0 Å². The van der Waals surface area contributed by atoms with Gasteiger partial charge >= 0.3 is 10.1 Å². The molecule has 10 heteroatoms. The number of hydrogen-bond acceptors (Lipinski definition) is 7. The van der Waals surface area contributed by atoms with Crippen molar-refractivity contribution < 1.29 is 31.3 Å². The number of hydrogen-bond donors (Lipinski definition) is 1. The minimum Gasteiger partial charge on any atom is -0.493 e. The Morgan fingerprint density at radius 1 is 1.07 bits per heavy atom. The molecule has 0 atom stereocenters. The molecule has 27 heavy (non-hydrogen) atoms. The molecule has 2 amide bonds. The topological polar surface area (TPSA) is 98.8 Å². The van der Waals surface area contributed by atoms with Crippen LogP contribution >= 0.6 is 11.8 Å². The van der Waals surface area contributed by atoms with Crippen molar-refractivity contribution in [3.05, 3.63) is 58.8 Å². The number of methoxy groups -OCH3 is 1. The van der Waals surface area contributed by atoms with Gasteiger partial charge in [-0.25, -0.2) is 4.39 Å². The molecule has 7 nitrogen and oxygen atoms in total. The Morgan fingerprint density at radius 3 is 2.37 bits per heavy atom. The van der Waals surface area contributed by atoms with Crippen LogP contribution in [0.3, 0.4) is 0 Å². The monoisotopic (exact) mass is 409 g/mol. The fraction of sp³-hybridized carbons (Fsp3) is 0.0588. The first-order chi connectivity index (χ1) is 12.8. The average Bonchev–Trinajstić information content (AvgIpc) is 2.93. The molecule has 2 aromatic rings. The Kier molecular flexibility index (Phi) is 5.19. The van der Waals surface area contributed by atoms with Crippen molar-refractivity contribution in [3.63, 3.8) is 0 Å². The summed E-state index contributed by atoms with van der Waals surface area (Å²) in [6, 6.07) is 8.50. The molecule has 1 heterocycles. The smallest absolute Gasteiger partial charge is 0.339 e. The highest BCUT2D eigenvalue weighted by molar-refractivity contribution is 8.18. The summed E-state index contributed by atoms with van der Waals surface area (Å²) in [7, 11) is -2.87. The molecule has 0 unspecified atom stereocenters. The third-order valence-corrected chi connectivity index (χ3v) is 5.49. The maximum absolute atomic E-state index is 13.0. The molecule has 0 aliphatic carbocycles. The summed E-state index contributed by atoms with van der Waals surface area (Å²) in [5, 5.41) is 1.67. The van der Waals surface area contributed by atoms with Crippen LogP contribution in [-0.2, 0) is 14.9 Å². The van der Waals surface area contributed by atoms with Crippen LogP contribution in [0.4, 0.5) is 9.18 Å². The Hall–Kier alpha value is -2.85. The number of carbonyl (C=O) groups excluding carboxylic acids is 2. The van der Waals surface area contributed by atoms with E-state index in [-0.39, 0.29) is 21.3 Å². The molecule has 140 valence electrons. The minimum absolute atomic E-state index is 0.0800. The summed E-state index contributed by atoms with van der Waals surface area (Å²) in [6.07, 6.45) is 1.46. The predicted molar refractivity (Wildman–Crippen MR) is 96.3 cm³/mol. The zero-order valence-electron chi connectivity index (χ0n) is 13.8. The molecule has 0 saturated carbocycles. The Bertz CT molecular complexity index is 1050. The van der Waals surface area contributed by atoms with Crippen LogP contribution in [0.5, 0.6) is 11.5 Å². The lowest BCUT2D eigenvalue weighted by atomic mass is 10.2. The van der Waals surface area contributed by atoms with Crippen molar-refractivity contribution in [1.82, 2.24) is 5.32 Å². The summed E-state index contributed by atoms with van der Waals surface area (Å²) in [5.41, 5.74) is 0.505. The highest BCUT2D eigenvalue weighted by Gasteiger charge is 2.25. The van der Waals surface area contributed by atoms with Crippen molar-refractivity contribution >= 4 is 39.1 Å². The molecule has 2 aromatic carbocycles. The fourth-order valence-electron chi connectivity index (χ4n) is 2.18. The van der Waals surface area contributed by atoms with Crippen LogP contribution in [0, 0.1) is 5.82 Å². The van der Waals surface area contributed by atoms with Gasteiger partial charge in [0, 0.05) is 0 Å². The van der Waals surface area contributed by atoms with E-state index in [2.05, 4.69) is 5.32 Å². The summed E-state index contributed by atoms with van der Waals surface area (Å²) >= 11 is 0.758. The first-order valence-electron chi connectivity index (χ1n) is 7.41. The summed E-state index contributed by atoms with van der Waals surface area (Å²) in [4.78, 5) is 22.8. The lowest BCUT2D eigenvalue weighted by molar-refractivity contribution is -0.115. The van der Waals surface area contributed by atoms with E-state index in [1.165, 1.54) is 31.4 Å². The second-order valence-corrected chi connectivity index (χ2v) is 7.81. The van der Waals surface area contributed by atoms with Crippen molar-refractivity contribution in [1.29, 1.82) is 0 Å². The van der Waals surface area contributed by atoms with Gasteiger partial charge in [-0.15, -0.1) is 0 Å². The molecule has 0 spiro atoms. The third-order valence-electron chi connectivity index (χ3n) is 3.43. The Morgan fingerprint density at radius 2 is 1.78 bits per heavy atom. The van der Waals surface area contributed by atoms with Crippen LogP contribution in [0.1, 0.15) is 5.56 Å². The first-order valence-corrected chi connectivity index (χ1v) is 9.64. The number of halogens is 1. The summed E-state index contributed by atoms with van der Waals surface area (Å²) < 4.78 is 47.8. The van der Waals surface area contributed by atoms with Crippen LogP contribution in [0.2, 0.25) is 0 Å². The average molecular weight is 409 g/mol. The number of rotatable bonds is 5. The van der Waals surface area contributed by atoms with Gasteiger partial charge in [-0.1, -0.05) is 6.07 Å². The third kappa shape index (κ3) is 4.29. The largest absolute Gasteiger partial charge is 0.493 e. The van der Waals surface area contributed by atoms with Gasteiger partial charge in [-0.2, -0.15) is 8.42 Å². The van der Waals surface area contributed by atoms with E-state index in [9.17, 15) is 22.4 Å². The van der Waals surface area contributed by atoms with Gasteiger partial charge in [0.15, 0.2) is 11.5 Å².